The van der Waals surface area contributed by atoms with Gasteiger partial charge in [-0.15, -0.1) is 0 Å². The maximum absolute atomic E-state index is 13.0. The van der Waals surface area contributed by atoms with E-state index in [1.54, 1.807) is 0 Å². The van der Waals surface area contributed by atoms with E-state index in [2.05, 4.69) is 9.97 Å². The van der Waals surface area contributed by atoms with Crippen molar-refractivity contribution in [2.45, 2.75) is 25.4 Å². The maximum atomic E-state index is 13.0. The Labute approximate surface area is 133 Å². The van der Waals surface area contributed by atoms with Crippen molar-refractivity contribution >= 4 is 11.9 Å². The minimum atomic E-state index is -0.625. The lowest BCUT2D eigenvalue weighted by atomic mass is 9.75. The second kappa shape index (κ2) is 5.68. The van der Waals surface area contributed by atoms with E-state index in [1.807, 2.05) is 4.90 Å². The molecule has 8 heteroatoms. The first-order chi connectivity index (χ1) is 11.2. The molecule has 0 unspecified atom stereocenters. The Bertz CT molecular complexity index is 593. The summed E-state index contributed by atoms with van der Waals surface area (Å²) in [5, 5.41) is 1.48. The van der Waals surface area contributed by atoms with Crippen molar-refractivity contribution in [2.24, 2.45) is 5.41 Å². The van der Waals surface area contributed by atoms with Crippen molar-refractivity contribution in [1.29, 1.82) is 0 Å². The van der Waals surface area contributed by atoms with Gasteiger partial charge in [0.15, 0.2) is 5.82 Å². The summed E-state index contributed by atoms with van der Waals surface area (Å²) in [6.45, 7) is 2.94. The van der Waals surface area contributed by atoms with Gasteiger partial charge in [-0.05, 0) is 19.3 Å². The van der Waals surface area contributed by atoms with E-state index < -0.39 is 11.2 Å². The summed E-state index contributed by atoms with van der Waals surface area (Å²) in [4.78, 5) is 28.5. The molecule has 1 aromatic heterocycles. The Morgan fingerprint density at radius 3 is 2.87 bits per heavy atom. The maximum Gasteiger partial charge on any atom is 0.256 e. The number of hydrogen-bond donors (Lipinski definition) is 0. The van der Waals surface area contributed by atoms with Crippen LogP contribution in [0.4, 0.5) is 10.3 Å². The lowest BCUT2D eigenvalue weighted by Crippen LogP contribution is -2.57. The zero-order chi connectivity index (χ0) is 15.9. The molecule has 23 heavy (non-hydrogen) atoms. The van der Waals surface area contributed by atoms with Crippen LogP contribution in [0, 0.1) is 11.2 Å². The van der Waals surface area contributed by atoms with Gasteiger partial charge < -0.3 is 9.64 Å². The van der Waals surface area contributed by atoms with Gasteiger partial charge >= 0.3 is 0 Å². The predicted octanol–water partition coefficient (Wildman–Crippen LogP) is 0.765. The number of carbonyl (C=O) groups is 1. The number of carbonyl (C=O) groups excluding carboxylic acids is 1. The average Bonchev–Trinajstić information content (AvgIpc) is 3.24. The van der Waals surface area contributed by atoms with Crippen molar-refractivity contribution in [1.82, 2.24) is 15.0 Å². The van der Waals surface area contributed by atoms with Gasteiger partial charge in [-0.1, -0.05) is 0 Å². The number of anilines is 1. The largest absolute Gasteiger partial charge is 0.377 e. The molecule has 1 amide bonds. The lowest BCUT2D eigenvalue weighted by Gasteiger charge is -2.43. The first kappa shape index (κ1) is 14.8. The molecule has 0 N–H and O–H groups in total. The number of ether oxygens (including phenoxy) is 1. The molecule has 4 heterocycles. The smallest absolute Gasteiger partial charge is 0.256 e. The third kappa shape index (κ3) is 2.46. The van der Waals surface area contributed by atoms with Gasteiger partial charge in [0, 0.05) is 19.7 Å². The predicted molar refractivity (Wildman–Crippen MR) is 77.9 cm³/mol. The Hall–Kier alpha value is -1.80. The number of amides is 1. The summed E-state index contributed by atoms with van der Waals surface area (Å²) in [5.41, 5.74) is -0.625. The number of aromatic nitrogens is 2. The highest BCUT2D eigenvalue weighted by molar-refractivity contribution is 5.84. The highest BCUT2D eigenvalue weighted by Gasteiger charge is 2.55. The quantitative estimate of drug-likeness (QED) is 0.801. The molecule has 2 atom stereocenters. The number of fused-ring (bicyclic) bond motifs is 1. The molecule has 0 spiro atoms. The van der Waals surface area contributed by atoms with Crippen LogP contribution in [0.15, 0.2) is 12.4 Å². The second-order valence-corrected chi connectivity index (χ2v) is 6.27. The van der Waals surface area contributed by atoms with E-state index in [-0.39, 0.29) is 12.0 Å². The van der Waals surface area contributed by atoms with E-state index in [9.17, 15) is 9.18 Å². The van der Waals surface area contributed by atoms with Gasteiger partial charge in [0.05, 0.1) is 37.1 Å². The van der Waals surface area contributed by atoms with Crippen LogP contribution >= 0.6 is 0 Å². The fourth-order valence-corrected chi connectivity index (χ4v) is 3.74. The lowest BCUT2D eigenvalue weighted by molar-refractivity contribution is -0.184. The molecule has 0 bridgehead atoms. The molecule has 3 aliphatic rings. The van der Waals surface area contributed by atoms with E-state index in [4.69, 9.17) is 9.57 Å². The normalized spacial score (nSPS) is 30.6. The minimum Gasteiger partial charge on any atom is -0.377 e. The SMILES string of the molecule is O=C(N1CCCO1)[C@]12CCO[C@H]1CCN(c1ncc(F)cn1)C2. The van der Waals surface area contributed by atoms with E-state index >= 15 is 0 Å². The third-order valence-electron chi connectivity index (χ3n) is 4.91. The molecule has 4 rings (SSSR count). The molecule has 1 aromatic rings. The van der Waals surface area contributed by atoms with Crippen LogP contribution < -0.4 is 4.90 Å². The summed E-state index contributed by atoms with van der Waals surface area (Å²) in [6, 6.07) is 0. The standard InChI is InChI=1S/C15H19FN4O3/c16-11-8-17-14(18-9-11)19-5-2-12-15(10-19,3-7-22-12)13(21)20-4-1-6-23-20/h8-9,12H,1-7,10H2/t12-,15-/m0/s1. The molecular formula is C15H19FN4O3. The van der Waals surface area contributed by atoms with Gasteiger partial charge in [0.2, 0.25) is 5.95 Å². The van der Waals surface area contributed by atoms with Crippen LogP contribution in [0.1, 0.15) is 19.3 Å². The number of hydroxylamine groups is 2. The monoisotopic (exact) mass is 322 g/mol. The fourth-order valence-electron chi connectivity index (χ4n) is 3.74. The fraction of sp³-hybridized carbons (Fsp3) is 0.667. The van der Waals surface area contributed by atoms with Gasteiger partial charge in [0.25, 0.3) is 5.91 Å². The van der Waals surface area contributed by atoms with Crippen LogP contribution in [0.25, 0.3) is 0 Å². The molecule has 124 valence electrons. The summed E-state index contributed by atoms with van der Waals surface area (Å²) < 4.78 is 18.8. The minimum absolute atomic E-state index is 0.00990. The number of nitrogens with zero attached hydrogens (tertiary/aromatic N) is 4. The summed E-state index contributed by atoms with van der Waals surface area (Å²) in [7, 11) is 0. The van der Waals surface area contributed by atoms with Gasteiger partial charge in [-0.2, -0.15) is 0 Å². The van der Waals surface area contributed by atoms with Crippen LogP contribution in [0.3, 0.4) is 0 Å². The molecule has 3 saturated heterocycles. The van der Waals surface area contributed by atoms with Crippen molar-refractivity contribution in [3.05, 3.63) is 18.2 Å². The highest BCUT2D eigenvalue weighted by atomic mass is 19.1. The molecule has 7 nitrogen and oxygen atoms in total. The Kier molecular flexibility index (Phi) is 3.65. The zero-order valence-electron chi connectivity index (χ0n) is 12.8. The van der Waals surface area contributed by atoms with Crippen molar-refractivity contribution in [2.75, 3.05) is 37.7 Å². The topological polar surface area (TPSA) is 67.8 Å². The summed E-state index contributed by atoms with van der Waals surface area (Å²) in [6.07, 6.45) is 4.44. The average molecular weight is 322 g/mol. The second-order valence-electron chi connectivity index (χ2n) is 6.27. The van der Waals surface area contributed by atoms with Crippen molar-refractivity contribution in [3.63, 3.8) is 0 Å². The first-order valence-corrected chi connectivity index (χ1v) is 7.98. The number of rotatable bonds is 2. The third-order valence-corrected chi connectivity index (χ3v) is 4.91. The number of piperidine rings is 1. The first-order valence-electron chi connectivity index (χ1n) is 7.98. The van der Waals surface area contributed by atoms with Crippen LogP contribution in [0.2, 0.25) is 0 Å². The number of hydrogen-bond acceptors (Lipinski definition) is 6. The molecule has 0 saturated carbocycles. The number of halogens is 1. The van der Waals surface area contributed by atoms with E-state index in [0.717, 1.165) is 25.2 Å². The van der Waals surface area contributed by atoms with Crippen molar-refractivity contribution < 1.29 is 18.8 Å². The van der Waals surface area contributed by atoms with Crippen LogP contribution in [0.5, 0.6) is 0 Å². The Morgan fingerprint density at radius 2 is 2.13 bits per heavy atom. The molecular weight excluding hydrogens is 303 g/mol. The van der Waals surface area contributed by atoms with E-state index in [1.165, 1.54) is 5.06 Å². The van der Waals surface area contributed by atoms with Crippen LogP contribution in [-0.2, 0) is 14.4 Å². The highest BCUT2D eigenvalue weighted by Crippen LogP contribution is 2.43. The molecule has 0 aliphatic carbocycles. The Morgan fingerprint density at radius 1 is 1.30 bits per heavy atom. The molecule has 3 aliphatic heterocycles. The van der Waals surface area contributed by atoms with Gasteiger partial charge in [0.1, 0.15) is 0 Å². The van der Waals surface area contributed by atoms with Gasteiger partial charge in [-0.25, -0.2) is 19.4 Å². The molecule has 0 aromatic carbocycles. The summed E-state index contributed by atoms with van der Waals surface area (Å²) in [5.74, 6) is -0.0281. The van der Waals surface area contributed by atoms with Gasteiger partial charge in [-0.3, -0.25) is 9.63 Å². The van der Waals surface area contributed by atoms with Crippen LogP contribution in [-0.4, -0.2) is 59.9 Å². The molecule has 3 fully saturated rings. The zero-order valence-corrected chi connectivity index (χ0v) is 12.8. The van der Waals surface area contributed by atoms with Crippen molar-refractivity contribution in [3.8, 4) is 0 Å². The molecule has 0 radical (unpaired) electrons. The summed E-state index contributed by atoms with van der Waals surface area (Å²) >= 11 is 0. The van der Waals surface area contributed by atoms with E-state index in [0.29, 0.717) is 45.2 Å². The Balaban J connectivity index is 1.60.